The zero-order valence-electron chi connectivity index (χ0n) is 15.2. The van der Waals surface area contributed by atoms with Gasteiger partial charge in [-0.15, -0.1) is 0 Å². The molecule has 0 fully saturated rings. The van der Waals surface area contributed by atoms with E-state index in [-0.39, 0.29) is 0 Å². The maximum Gasteiger partial charge on any atom is 0.142 e. The monoisotopic (exact) mass is 346 g/mol. The molecule has 4 rings (SSSR count). The molecule has 5 nitrogen and oxygen atoms in total. The number of nitrogen functional groups attached to an aromatic ring is 1. The number of anilines is 1. The third kappa shape index (κ3) is 2.52. The van der Waals surface area contributed by atoms with Gasteiger partial charge in [-0.1, -0.05) is 30.3 Å². The second-order valence-electron chi connectivity index (χ2n) is 6.47. The molecule has 0 saturated heterocycles. The van der Waals surface area contributed by atoms with E-state index in [0.29, 0.717) is 12.4 Å². The van der Waals surface area contributed by atoms with E-state index in [9.17, 15) is 0 Å². The number of methoxy groups -OCH3 is 1. The molecule has 0 amide bonds. The highest BCUT2D eigenvalue weighted by Gasteiger charge is 2.20. The number of rotatable bonds is 4. The van der Waals surface area contributed by atoms with Crippen molar-refractivity contribution in [3.63, 3.8) is 0 Å². The van der Waals surface area contributed by atoms with Gasteiger partial charge in [0.05, 0.1) is 30.3 Å². The molecular weight excluding hydrogens is 324 g/mol. The summed E-state index contributed by atoms with van der Waals surface area (Å²) < 4.78 is 7.61. The van der Waals surface area contributed by atoms with Crippen molar-refractivity contribution in [2.75, 3.05) is 12.8 Å². The lowest BCUT2D eigenvalue weighted by Crippen LogP contribution is -2.07. The predicted molar refractivity (Wildman–Crippen MR) is 106 cm³/mol. The van der Waals surface area contributed by atoms with Crippen LogP contribution in [0.2, 0.25) is 0 Å². The number of para-hydroxylation sites is 3. The molecule has 3 N–H and O–H groups in total. The van der Waals surface area contributed by atoms with Crippen molar-refractivity contribution in [2.45, 2.75) is 20.4 Å². The fourth-order valence-corrected chi connectivity index (χ4v) is 3.47. The van der Waals surface area contributed by atoms with Gasteiger partial charge in [0.15, 0.2) is 0 Å². The van der Waals surface area contributed by atoms with E-state index in [4.69, 9.17) is 15.5 Å². The Kier molecular flexibility index (Phi) is 3.92. The van der Waals surface area contributed by atoms with Gasteiger partial charge in [-0.05, 0) is 37.6 Å². The number of H-pyrrole nitrogens is 1. The molecule has 0 spiro atoms. The van der Waals surface area contributed by atoms with Crippen molar-refractivity contribution in [1.29, 1.82) is 0 Å². The van der Waals surface area contributed by atoms with Crippen molar-refractivity contribution in [1.82, 2.24) is 14.5 Å². The average Bonchev–Trinajstić information content (AvgIpc) is 3.16. The Bertz CT molecular complexity index is 1060. The largest absolute Gasteiger partial charge is 0.496 e. The lowest BCUT2D eigenvalue weighted by Gasteiger charge is -2.12. The standard InChI is InChI=1S/C21H22N4O/c1-13-14(2)25(12-15-8-4-7-11-18(15)26-3)20(22)19(13)21-23-16-9-5-6-10-17(16)24-21/h4-11H,12,22H2,1-3H3,(H,23,24). The van der Waals surface area contributed by atoms with Gasteiger partial charge in [-0.2, -0.15) is 0 Å². The number of imidazole rings is 1. The lowest BCUT2D eigenvalue weighted by atomic mass is 10.1. The zero-order valence-corrected chi connectivity index (χ0v) is 15.2. The lowest BCUT2D eigenvalue weighted by molar-refractivity contribution is 0.408. The Morgan fingerprint density at radius 3 is 2.58 bits per heavy atom. The van der Waals surface area contributed by atoms with E-state index < -0.39 is 0 Å². The minimum Gasteiger partial charge on any atom is -0.496 e. The fourth-order valence-electron chi connectivity index (χ4n) is 3.47. The quantitative estimate of drug-likeness (QED) is 0.579. The summed E-state index contributed by atoms with van der Waals surface area (Å²) in [5.74, 6) is 2.39. The van der Waals surface area contributed by atoms with E-state index in [1.54, 1.807) is 7.11 Å². The topological polar surface area (TPSA) is 68.9 Å². The Balaban J connectivity index is 1.82. The second-order valence-corrected chi connectivity index (χ2v) is 6.47. The molecule has 0 bridgehead atoms. The van der Waals surface area contributed by atoms with E-state index in [2.05, 4.69) is 29.5 Å². The Morgan fingerprint density at radius 2 is 1.81 bits per heavy atom. The maximum absolute atomic E-state index is 6.56. The van der Waals surface area contributed by atoms with Crippen LogP contribution in [0.15, 0.2) is 48.5 Å². The highest BCUT2D eigenvalue weighted by atomic mass is 16.5. The van der Waals surface area contributed by atoms with E-state index in [1.807, 2.05) is 42.5 Å². The average molecular weight is 346 g/mol. The van der Waals surface area contributed by atoms with Gasteiger partial charge in [0.25, 0.3) is 0 Å². The molecule has 4 aromatic rings. The summed E-state index contributed by atoms with van der Waals surface area (Å²) in [5, 5.41) is 0. The molecule has 0 aliphatic rings. The van der Waals surface area contributed by atoms with Crippen molar-refractivity contribution in [2.24, 2.45) is 0 Å². The minimum absolute atomic E-state index is 0.656. The highest BCUT2D eigenvalue weighted by molar-refractivity contribution is 5.83. The molecule has 0 aliphatic heterocycles. The van der Waals surface area contributed by atoms with Crippen LogP contribution >= 0.6 is 0 Å². The van der Waals surface area contributed by atoms with Crippen LogP contribution < -0.4 is 10.5 Å². The van der Waals surface area contributed by atoms with Crippen LogP contribution in [0.5, 0.6) is 5.75 Å². The van der Waals surface area contributed by atoms with E-state index >= 15 is 0 Å². The maximum atomic E-state index is 6.56. The molecule has 0 atom stereocenters. The third-order valence-corrected chi connectivity index (χ3v) is 5.02. The highest BCUT2D eigenvalue weighted by Crippen LogP contribution is 2.34. The Hall–Kier alpha value is -3.21. The fraction of sp³-hybridized carbons (Fsp3) is 0.190. The van der Waals surface area contributed by atoms with E-state index in [0.717, 1.165) is 45.0 Å². The van der Waals surface area contributed by atoms with Crippen molar-refractivity contribution >= 4 is 16.9 Å². The molecule has 132 valence electrons. The first kappa shape index (κ1) is 16.3. The molecule has 5 heteroatoms. The van der Waals surface area contributed by atoms with E-state index in [1.165, 1.54) is 0 Å². The Morgan fingerprint density at radius 1 is 1.08 bits per heavy atom. The van der Waals surface area contributed by atoms with Crippen LogP contribution in [0.4, 0.5) is 5.82 Å². The van der Waals surface area contributed by atoms with Gasteiger partial charge in [0, 0.05) is 11.3 Å². The summed E-state index contributed by atoms with van der Waals surface area (Å²) in [6, 6.07) is 16.0. The molecule has 0 radical (unpaired) electrons. The zero-order chi connectivity index (χ0) is 18.3. The van der Waals surface area contributed by atoms with Crippen molar-refractivity contribution in [3.8, 4) is 17.1 Å². The van der Waals surface area contributed by atoms with Gasteiger partial charge in [-0.3, -0.25) is 0 Å². The van der Waals surface area contributed by atoms with Crippen LogP contribution in [-0.4, -0.2) is 21.6 Å². The summed E-state index contributed by atoms with van der Waals surface area (Å²) in [5.41, 5.74) is 12.8. The summed E-state index contributed by atoms with van der Waals surface area (Å²) in [7, 11) is 1.69. The number of aromatic nitrogens is 3. The molecule has 2 aromatic heterocycles. The summed E-state index contributed by atoms with van der Waals surface area (Å²) in [6.45, 7) is 4.84. The first-order chi connectivity index (χ1) is 12.6. The Labute approximate surface area is 152 Å². The predicted octanol–water partition coefficient (Wildman–Crippen LogP) is 4.29. The van der Waals surface area contributed by atoms with Crippen LogP contribution in [-0.2, 0) is 6.54 Å². The van der Waals surface area contributed by atoms with Crippen LogP contribution in [0.25, 0.3) is 22.4 Å². The number of nitrogens with zero attached hydrogens (tertiary/aromatic N) is 2. The summed E-state index contributed by atoms with van der Waals surface area (Å²) >= 11 is 0. The van der Waals surface area contributed by atoms with Crippen LogP contribution in [0, 0.1) is 13.8 Å². The number of aromatic amines is 1. The number of nitrogens with two attached hydrogens (primary N) is 1. The van der Waals surface area contributed by atoms with Gasteiger partial charge in [0.1, 0.15) is 17.4 Å². The number of ether oxygens (including phenoxy) is 1. The molecule has 26 heavy (non-hydrogen) atoms. The normalized spacial score (nSPS) is 11.2. The number of hydrogen-bond donors (Lipinski definition) is 2. The van der Waals surface area contributed by atoms with Crippen molar-refractivity contribution in [3.05, 3.63) is 65.4 Å². The molecule has 0 saturated carbocycles. The summed E-state index contributed by atoms with van der Waals surface area (Å²) in [4.78, 5) is 8.12. The number of hydrogen-bond acceptors (Lipinski definition) is 3. The van der Waals surface area contributed by atoms with Gasteiger partial charge >= 0.3 is 0 Å². The number of benzene rings is 2. The molecule has 2 heterocycles. The second kappa shape index (κ2) is 6.26. The van der Waals surface area contributed by atoms with Crippen LogP contribution in [0.3, 0.4) is 0 Å². The van der Waals surface area contributed by atoms with Crippen molar-refractivity contribution < 1.29 is 4.74 Å². The smallest absolute Gasteiger partial charge is 0.142 e. The SMILES string of the molecule is COc1ccccc1Cn1c(C)c(C)c(-c2nc3ccccc3[nH]2)c1N. The number of fused-ring (bicyclic) bond motifs is 1. The summed E-state index contributed by atoms with van der Waals surface area (Å²) in [6.07, 6.45) is 0. The van der Waals surface area contributed by atoms with Gasteiger partial charge in [-0.25, -0.2) is 4.98 Å². The first-order valence-electron chi connectivity index (χ1n) is 8.62. The first-order valence-corrected chi connectivity index (χ1v) is 8.62. The molecule has 0 unspecified atom stereocenters. The minimum atomic E-state index is 0.656. The molecule has 2 aromatic carbocycles. The molecule has 0 aliphatic carbocycles. The van der Waals surface area contributed by atoms with Gasteiger partial charge < -0.3 is 20.0 Å². The number of nitrogens with one attached hydrogen (secondary N) is 1. The third-order valence-electron chi connectivity index (χ3n) is 5.02. The van der Waals surface area contributed by atoms with Crippen LogP contribution in [0.1, 0.15) is 16.8 Å². The van der Waals surface area contributed by atoms with Gasteiger partial charge in [0.2, 0.25) is 0 Å². The molecular formula is C21H22N4O.